The van der Waals surface area contributed by atoms with E-state index in [1.165, 1.54) is 12.1 Å². The number of hydrogen-bond acceptors (Lipinski definition) is 4. The SMILES string of the molecule is O=C(N[C@@H](Cc1ccc(O)cc1)C(=O)O)C1CCCCS1. The van der Waals surface area contributed by atoms with Crippen LogP contribution in [-0.4, -0.2) is 39.1 Å². The Kier molecular flexibility index (Phi) is 5.50. The molecule has 1 heterocycles. The summed E-state index contributed by atoms with van der Waals surface area (Å²) in [6, 6.07) is 5.39. The summed E-state index contributed by atoms with van der Waals surface area (Å²) in [5.41, 5.74) is 0.761. The molecule has 1 aromatic carbocycles. The number of aromatic hydroxyl groups is 1. The van der Waals surface area contributed by atoms with Gasteiger partial charge in [-0.15, -0.1) is 11.8 Å². The fourth-order valence-electron chi connectivity index (χ4n) is 2.28. The van der Waals surface area contributed by atoms with Crippen LogP contribution in [0.25, 0.3) is 0 Å². The maximum atomic E-state index is 12.1. The van der Waals surface area contributed by atoms with Crippen LogP contribution in [-0.2, 0) is 16.0 Å². The van der Waals surface area contributed by atoms with E-state index >= 15 is 0 Å². The zero-order chi connectivity index (χ0) is 15.2. The van der Waals surface area contributed by atoms with Gasteiger partial charge in [-0.1, -0.05) is 18.6 Å². The third kappa shape index (κ3) is 4.67. The molecule has 2 rings (SSSR count). The van der Waals surface area contributed by atoms with Crippen molar-refractivity contribution in [3.05, 3.63) is 29.8 Å². The highest BCUT2D eigenvalue weighted by Gasteiger charge is 2.27. The summed E-state index contributed by atoms with van der Waals surface area (Å²) in [4.78, 5) is 23.4. The number of thioether (sulfide) groups is 1. The van der Waals surface area contributed by atoms with Crippen LogP contribution in [0.3, 0.4) is 0 Å². The van der Waals surface area contributed by atoms with Crippen LogP contribution in [0.2, 0.25) is 0 Å². The van der Waals surface area contributed by atoms with Crippen molar-refractivity contribution < 1.29 is 19.8 Å². The molecule has 1 fully saturated rings. The number of carboxylic acid groups (broad SMARTS) is 1. The number of phenols is 1. The highest BCUT2D eigenvalue weighted by atomic mass is 32.2. The predicted molar refractivity (Wildman–Crippen MR) is 81.5 cm³/mol. The number of amides is 1. The van der Waals surface area contributed by atoms with Crippen LogP contribution in [0.4, 0.5) is 0 Å². The number of rotatable bonds is 5. The van der Waals surface area contributed by atoms with E-state index < -0.39 is 12.0 Å². The molecular weight excluding hydrogens is 290 g/mol. The molecule has 2 atom stereocenters. The van der Waals surface area contributed by atoms with Gasteiger partial charge in [0, 0.05) is 6.42 Å². The quantitative estimate of drug-likeness (QED) is 0.772. The first-order chi connectivity index (χ1) is 10.1. The second kappa shape index (κ2) is 7.36. The topological polar surface area (TPSA) is 86.6 Å². The molecule has 3 N–H and O–H groups in total. The molecule has 1 aromatic rings. The Morgan fingerprint density at radius 3 is 2.57 bits per heavy atom. The zero-order valence-corrected chi connectivity index (χ0v) is 12.4. The van der Waals surface area contributed by atoms with E-state index in [4.69, 9.17) is 0 Å². The number of phenolic OH excluding ortho intramolecular Hbond substituents is 1. The molecular formula is C15H19NO4S. The molecule has 0 radical (unpaired) electrons. The van der Waals surface area contributed by atoms with Gasteiger partial charge in [-0.05, 0) is 36.3 Å². The molecule has 1 aliphatic rings. The second-order valence-electron chi connectivity index (χ2n) is 5.13. The lowest BCUT2D eigenvalue weighted by atomic mass is 10.1. The monoisotopic (exact) mass is 309 g/mol. The van der Waals surface area contributed by atoms with E-state index in [1.807, 2.05) is 0 Å². The largest absolute Gasteiger partial charge is 0.508 e. The van der Waals surface area contributed by atoms with Crippen molar-refractivity contribution in [3.8, 4) is 5.75 Å². The molecule has 1 aliphatic heterocycles. The van der Waals surface area contributed by atoms with Gasteiger partial charge >= 0.3 is 5.97 Å². The third-order valence-electron chi connectivity index (χ3n) is 3.46. The molecule has 6 heteroatoms. The minimum Gasteiger partial charge on any atom is -0.508 e. The van der Waals surface area contributed by atoms with Gasteiger partial charge in [0.25, 0.3) is 0 Å². The average molecular weight is 309 g/mol. The third-order valence-corrected chi connectivity index (χ3v) is 4.84. The van der Waals surface area contributed by atoms with Gasteiger partial charge in [0.2, 0.25) is 5.91 Å². The van der Waals surface area contributed by atoms with Crippen LogP contribution < -0.4 is 5.32 Å². The van der Waals surface area contributed by atoms with Crippen LogP contribution in [0, 0.1) is 0 Å². The highest BCUT2D eigenvalue weighted by Crippen LogP contribution is 2.25. The lowest BCUT2D eigenvalue weighted by Crippen LogP contribution is -2.46. The van der Waals surface area contributed by atoms with Crippen LogP contribution >= 0.6 is 11.8 Å². The fourth-order valence-corrected chi connectivity index (χ4v) is 3.49. The standard InChI is InChI=1S/C15H19NO4S/c17-11-6-4-10(5-7-11)9-12(15(19)20)16-14(18)13-3-1-2-8-21-13/h4-7,12-13,17H,1-3,8-9H2,(H,16,18)(H,19,20)/t12-,13?/m0/s1. The van der Waals surface area contributed by atoms with E-state index in [9.17, 15) is 19.8 Å². The van der Waals surface area contributed by atoms with Crippen molar-refractivity contribution in [1.82, 2.24) is 5.32 Å². The Hall–Kier alpha value is -1.69. The summed E-state index contributed by atoms with van der Waals surface area (Å²) < 4.78 is 0. The Balaban J connectivity index is 1.96. The van der Waals surface area contributed by atoms with Crippen molar-refractivity contribution >= 4 is 23.6 Å². The number of carbonyl (C=O) groups excluding carboxylic acids is 1. The van der Waals surface area contributed by atoms with Crippen molar-refractivity contribution in [1.29, 1.82) is 0 Å². The summed E-state index contributed by atoms with van der Waals surface area (Å²) >= 11 is 1.60. The van der Waals surface area contributed by atoms with Crippen LogP contribution in [0.15, 0.2) is 24.3 Å². The van der Waals surface area contributed by atoms with E-state index in [2.05, 4.69) is 5.32 Å². The Morgan fingerprint density at radius 1 is 1.29 bits per heavy atom. The number of hydrogen-bond donors (Lipinski definition) is 3. The number of aliphatic carboxylic acids is 1. The van der Waals surface area contributed by atoms with Gasteiger partial charge in [0.05, 0.1) is 5.25 Å². The van der Waals surface area contributed by atoms with Crippen LogP contribution in [0.5, 0.6) is 5.75 Å². The molecule has 1 saturated heterocycles. The molecule has 1 amide bonds. The van der Waals surface area contributed by atoms with E-state index in [0.717, 1.165) is 30.6 Å². The number of nitrogens with one attached hydrogen (secondary N) is 1. The van der Waals surface area contributed by atoms with Gasteiger partial charge in [-0.25, -0.2) is 4.79 Å². The first kappa shape index (κ1) is 15.7. The van der Waals surface area contributed by atoms with Crippen molar-refractivity contribution in [2.75, 3.05) is 5.75 Å². The van der Waals surface area contributed by atoms with Gasteiger partial charge in [0.1, 0.15) is 11.8 Å². The number of carboxylic acids is 1. The average Bonchev–Trinajstić information content (AvgIpc) is 2.49. The molecule has 0 aromatic heterocycles. The second-order valence-corrected chi connectivity index (χ2v) is 6.44. The van der Waals surface area contributed by atoms with Crippen molar-refractivity contribution in [2.45, 2.75) is 37.0 Å². The van der Waals surface area contributed by atoms with E-state index in [0.29, 0.717) is 0 Å². The summed E-state index contributed by atoms with van der Waals surface area (Å²) in [5.74, 6) is -0.148. The molecule has 0 spiro atoms. The molecule has 0 aliphatic carbocycles. The van der Waals surface area contributed by atoms with E-state index in [1.54, 1.807) is 23.9 Å². The number of carbonyl (C=O) groups is 2. The molecule has 21 heavy (non-hydrogen) atoms. The van der Waals surface area contributed by atoms with Gasteiger partial charge in [-0.2, -0.15) is 0 Å². The van der Waals surface area contributed by atoms with Gasteiger partial charge < -0.3 is 15.5 Å². The number of benzene rings is 1. The first-order valence-electron chi connectivity index (χ1n) is 6.99. The fraction of sp³-hybridized carbons (Fsp3) is 0.467. The minimum absolute atomic E-state index is 0.133. The summed E-state index contributed by atoms with van der Waals surface area (Å²) in [5, 5.41) is 21.0. The predicted octanol–water partition coefficient (Wildman–Crippen LogP) is 1.79. The van der Waals surface area contributed by atoms with E-state index in [-0.39, 0.29) is 23.3 Å². The van der Waals surface area contributed by atoms with Gasteiger partial charge in [-0.3, -0.25) is 4.79 Å². The first-order valence-corrected chi connectivity index (χ1v) is 8.04. The maximum Gasteiger partial charge on any atom is 0.326 e. The molecule has 0 saturated carbocycles. The summed E-state index contributed by atoms with van der Waals surface area (Å²) in [6.45, 7) is 0. The zero-order valence-electron chi connectivity index (χ0n) is 11.6. The van der Waals surface area contributed by atoms with Crippen LogP contribution in [0.1, 0.15) is 24.8 Å². The Labute approximate surface area is 127 Å². The van der Waals surface area contributed by atoms with Crippen molar-refractivity contribution in [3.63, 3.8) is 0 Å². The lowest BCUT2D eigenvalue weighted by Gasteiger charge is -2.23. The molecule has 114 valence electrons. The maximum absolute atomic E-state index is 12.1. The molecule has 0 bridgehead atoms. The lowest BCUT2D eigenvalue weighted by molar-refractivity contribution is -0.141. The normalized spacial score (nSPS) is 19.7. The highest BCUT2D eigenvalue weighted by molar-refractivity contribution is 8.00. The minimum atomic E-state index is -1.04. The van der Waals surface area contributed by atoms with Crippen molar-refractivity contribution in [2.24, 2.45) is 0 Å². The molecule has 5 nitrogen and oxygen atoms in total. The summed E-state index contributed by atoms with van der Waals surface area (Å²) in [7, 11) is 0. The summed E-state index contributed by atoms with van der Waals surface area (Å²) in [6.07, 6.45) is 3.14. The Bertz CT molecular complexity index is 497. The van der Waals surface area contributed by atoms with Gasteiger partial charge in [0.15, 0.2) is 0 Å². The molecule has 1 unspecified atom stereocenters. The Morgan fingerprint density at radius 2 is 2.00 bits per heavy atom. The smallest absolute Gasteiger partial charge is 0.326 e.